The van der Waals surface area contributed by atoms with Crippen molar-refractivity contribution in [3.63, 3.8) is 0 Å². The lowest BCUT2D eigenvalue weighted by molar-refractivity contribution is -0.128. The Balaban J connectivity index is 2.42. The summed E-state index contributed by atoms with van der Waals surface area (Å²) < 4.78 is 0. The highest BCUT2D eigenvalue weighted by Gasteiger charge is 2.32. The summed E-state index contributed by atoms with van der Waals surface area (Å²) in [5, 5.41) is 12.4. The number of hydrogen-bond donors (Lipinski definition) is 2. The zero-order valence-corrected chi connectivity index (χ0v) is 12.2. The number of aromatic hydroxyl groups is 1. The quantitative estimate of drug-likeness (QED) is 0.384. The maximum atomic E-state index is 12.3. The fraction of sp³-hybridized carbons (Fsp3) is 0.133. The molecule has 1 aromatic carbocycles. The topological polar surface area (TPSA) is 69.6 Å². The maximum absolute atomic E-state index is 12.3. The van der Waals surface area contributed by atoms with Crippen LogP contribution >= 0.6 is 12.2 Å². The van der Waals surface area contributed by atoms with E-state index in [2.05, 4.69) is 11.9 Å². The summed E-state index contributed by atoms with van der Waals surface area (Å²) in [5.41, 5.74) is 1.19. The van der Waals surface area contributed by atoms with E-state index in [1.807, 2.05) is 6.92 Å². The predicted octanol–water partition coefficient (Wildman–Crippen LogP) is 1.51. The van der Waals surface area contributed by atoms with Crippen LogP contribution in [0.5, 0.6) is 5.75 Å². The highest BCUT2D eigenvalue weighted by Crippen LogP contribution is 2.23. The zero-order chi connectivity index (χ0) is 15.6. The molecule has 1 saturated heterocycles. The van der Waals surface area contributed by atoms with Gasteiger partial charge in [0.15, 0.2) is 5.11 Å². The van der Waals surface area contributed by atoms with Crippen molar-refractivity contribution in [2.75, 3.05) is 6.54 Å². The van der Waals surface area contributed by atoms with Crippen molar-refractivity contribution in [2.45, 2.75) is 6.92 Å². The second-order valence-electron chi connectivity index (χ2n) is 4.58. The van der Waals surface area contributed by atoms with E-state index in [9.17, 15) is 14.7 Å². The van der Waals surface area contributed by atoms with Crippen LogP contribution < -0.4 is 5.32 Å². The average molecular weight is 302 g/mol. The fourth-order valence-electron chi connectivity index (χ4n) is 1.92. The summed E-state index contributed by atoms with van der Waals surface area (Å²) >= 11 is 4.96. The molecule has 5 nitrogen and oxygen atoms in total. The van der Waals surface area contributed by atoms with Crippen LogP contribution in [0.15, 0.2) is 36.4 Å². The van der Waals surface area contributed by atoms with Gasteiger partial charge in [-0.1, -0.05) is 18.2 Å². The van der Waals surface area contributed by atoms with Gasteiger partial charge < -0.3 is 5.11 Å². The summed E-state index contributed by atoms with van der Waals surface area (Å²) in [6.07, 6.45) is 2.87. The molecule has 21 heavy (non-hydrogen) atoms. The van der Waals surface area contributed by atoms with Gasteiger partial charge in [-0.25, -0.2) is 0 Å². The van der Waals surface area contributed by atoms with Crippen LogP contribution in [-0.2, 0) is 9.59 Å². The number of thiocarbonyl (C=S) groups is 1. The molecule has 0 bridgehead atoms. The number of rotatable bonds is 3. The SMILES string of the molecule is C=CCN1C(=O)C(=Cc2ccc(C)cc2O)C(=O)NC1=S. The molecule has 0 spiro atoms. The van der Waals surface area contributed by atoms with Gasteiger partial charge in [-0.2, -0.15) is 0 Å². The second kappa shape index (κ2) is 5.88. The van der Waals surface area contributed by atoms with E-state index in [0.29, 0.717) is 5.56 Å². The van der Waals surface area contributed by atoms with E-state index >= 15 is 0 Å². The number of aryl methyl sites for hydroxylation is 1. The first-order valence-electron chi connectivity index (χ1n) is 6.23. The average Bonchev–Trinajstić information content (AvgIpc) is 2.41. The van der Waals surface area contributed by atoms with Crippen LogP contribution in [0.1, 0.15) is 11.1 Å². The largest absolute Gasteiger partial charge is 0.507 e. The van der Waals surface area contributed by atoms with Gasteiger partial charge in [0.05, 0.1) is 0 Å². The number of phenols is 1. The van der Waals surface area contributed by atoms with E-state index in [-0.39, 0.29) is 23.0 Å². The highest BCUT2D eigenvalue weighted by atomic mass is 32.1. The molecule has 2 N–H and O–H groups in total. The van der Waals surface area contributed by atoms with Crippen LogP contribution in [0.3, 0.4) is 0 Å². The molecule has 0 unspecified atom stereocenters. The molecule has 1 aromatic rings. The van der Waals surface area contributed by atoms with E-state index in [1.54, 1.807) is 18.2 Å². The first-order chi connectivity index (χ1) is 9.93. The molecule has 1 aliphatic heterocycles. The summed E-state index contributed by atoms with van der Waals surface area (Å²) in [4.78, 5) is 25.5. The van der Waals surface area contributed by atoms with Gasteiger partial charge in [-0.15, -0.1) is 6.58 Å². The number of nitrogens with zero attached hydrogens (tertiary/aromatic N) is 1. The molecular weight excluding hydrogens is 288 g/mol. The number of amides is 2. The number of benzene rings is 1. The second-order valence-corrected chi connectivity index (χ2v) is 4.97. The molecule has 0 atom stereocenters. The van der Waals surface area contributed by atoms with Gasteiger partial charge in [-0.3, -0.25) is 19.8 Å². The third-order valence-corrected chi connectivity index (χ3v) is 3.31. The van der Waals surface area contributed by atoms with Gasteiger partial charge in [0.1, 0.15) is 11.3 Å². The number of carbonyl (C=O) groups is 2. The Hall–Kier alpha value is -2.47. The van der Waals surface area contributed by atoms with Crippen molar-refractivity contribution in [3.05, 3.63) is 47.6 Å². The van der Waals surface area contributed by atoms with E-state index < -0.39 is 11.8 Å². The van der Waals surface area contributed by atoms with Gasteiger partial charge in [0.25, 0.3) is 11.8 Å². The van der Waals surface area contributed by atoms with Crippen molar-refractivity contribution in [2.24, 2.45) is 0 Å². The van der Waals surface area contributed by atoms with Crippen LogP contribution in [-0.4, -0.2) is 33.5 Å². The minimum Gasteiger partial charge on any atom is -0.507 e. The van der Waals surface area contributed by atoms with Crippen LogP contribution in [0.4, 0.5) is 0 Å². The number of nitrogens with one attached hydrogen (secondary N) is 1. The Morgan fingerprint density at radius 3 is 2.76 bits per heavy atom. The Morgan fingerprint density at radius 1 is 1.43 bits per heavy atom. The normalized spacial score (nSPS) is 17.1. The lowest BCUT2D eigenvalue weighted by Crippen LogP contribution is -2.53. The summed E-state index contributed by atoms with van der Waals surface area (Å²) in [7, 11) is 0. The monoisotopic (exact) mass is 302 g/mol. The fourth-order valence-corrected chi connectivity index (χ4v) is 2.17. The number of hydrogen-bond acceptors (Lipinski definition) is 4. The van der Waals surface area contributed by atoms with Crippen molar-refractivity contribution in [1.82, 2.24) is 10.2 Å². The van der Waals surface area contributed by atoms with Gasteiger partial charge >= 0.3 is 0 Å². The van der Waals surface area contributed by atoms with E-state index in [0.717, 1.165) is 5.56 Å². The molecular formula is C15H14N2O3S. The Bertz CT molecular complexity index is 679. The zero-order valence-electron chi connectivity index (χ0n) is 11.4. The first kappa shape index (κ1) is 14.9. The van der Waals surface area contributed by atoms with Crippen LogP contribution in [0.2, 0.25) is 0 Å². The molecule has 108 valence electrons. The van der Waals surface area contributed by atoms with Crippen LogP contribution in [0.25, 0.3) is 6.08 Å². The standard InChI is InChI=1S/C15H14N2O3S/c1-3-6-17-14(20)11(13(19)16-15(17)21)8-10-5-4-9(2)7-12(10)18/h3-5,7-8,18H,1,6H2,2H3,(H,16,19,21). The Kier molecular flexibility index (Phi) is 4.18. The minimum absolute atomic E-state index is 0.00604. The highest BCUT2D eigenvalue weighted by molar-refractivity contribution is 7.80. The molecule has 2 rings (SSSR count). The molecule has 0 aromatic heterocycles. The number of phenolic OH excluding ortho intramolecular Hbond substituents is 1. The number of carbonyl (C=O) groups excluding carboxylic acids is 2. The van der Waals surface area contributed by atoms with Crippen molar-refractivity contribution < 1.29 is 14.7 Å². The maximum Gasteiger partial charge on any atom is 0.265 e. The Morgan fingerprint density at radius 2 is 2.14 bits per heavy atom. The molecule has 6 heteroatoms. The van der Waals surface area contributed by atoms with Gasteiger partial charge in [-0.05, 0) is 36.8 Å². The van der Waals surface area contributed by atoms with Crippen molar-refractivity contribution in [3.8, 4) is 5.75 Å². The van der Waals surface area contributed by atoms with Crippen LogP contribution in [0, 0.1) is 6.92 Å². The summed E-state index contributed by atoms with van der Waals surface area (Å²) in [6.45, 7) is 5.59. The smallest absolute Gasteiger partial charge is 0.265 e. The first-order valence-corrected chi connectivity index (χ1v) is 6.64. The van der Waals surface area contributed by atoms with E-state index in [1.165, 1.54) is 17.1 Å². The molecule has 1 fully saturated rings. The summed E-state index contributed by atoms with van der Waals surface area (Å²) in [5.74, 6) is -1.08. The molecule has 1 heterocycles. The molecule has 0 aliphatic carbocycles. The molecule has 1 aliphatic rings. The molecule has 0 radical (unpaired) electrons. The molecule has 0 saturated carbocycles. The third-order valence-electron chi connectivity index (χ3n) is 2.98. The molecule has 2 amide bonds. The lowest BCUT2D eigenvalue weighted by Gasteiger charge is -2.27. The summed E-state index contributed by atoms with van der Waals surface area (Å²) in [6, 6.07) is 4.98. The lowest BCUT2D eigenvalue weighted by atomic mass is 10.1. The Labute approximate surface area is 127 Å². The van der Waals surface area contributed by atoms with Gasteiger partial charge in [0.2, 0.25) is 0 Å². The van der Waals surface area contributed by atoms with Crippen molar-refractivity contribution >= 4 is 35.2 Å². The third kappa shape index (κ3) is 3.00. The van der Waals surface area contributed by atoms with E-state index in [4.69, 9.17) is 12.2 Å². The predicted molar refractivity (Wildman–Crippen MR) is 83.5 cm³/mol. The van der Waals surface area contributed by atoms with Gasteiger partial charge in [0, 0.05) is 12.1 Å². The minimum atomic E-state index is -0.578. The van der Waals surface area contributed by atoms with Crippen molar-refractivity contribution in [1.29, 1.82) is 0 Å².